The lowest BCUT2D eigenvalue weighted by molar-refractivity contribution is 0.590. The van der Waals surface area contributed by atoms with Gasteiger partial charge in [0.15, 0.2) is 0 Å². The third kappa shape index (κ3) is 8.66. The normalized spacial score (nSPS) is 12.7. The molecule has 0 aliphatic carbocycles. The van der Waals surface area contributed by atoms with Crippen LogP contribution in [0.3, 0.4) is 0 Å². The van der Waals surface area contributed by atoms with Crippen molar-refractivity contribution in [1.82, 2.24) is 9.13 Å². The van der Waals surface area contributed by atoms with Crippen molar-refractivity contribution in [2.75, 3.05) is 0 Å². The van der Waals surface area contributed by atoms with E-state index in [4.69, 9.17) is 0 Å². The van der Waals surface area contributed by atoms with Crippen LogP contribution in [0.15, 0.2) is 194 Å². The maximum atomic E-state index is 2.46. The van der Waals surface area contributed by atoms with E-state index in [1.165, 1.54) is 110 Å². The van der Waals surface area contributed by atoms with Crippen LogP contribution < -0.4 is 0 Å². The van der Waals surface area contributed by atoms with Gasteiger partial charge in [0, 0.05) is 22.1 Å². The van der Waals surface area contributed by atoms with Gasteiger partial charge in [-0.2, -0.15) is 0 Å². The van der Waals surface area contributed by atoms with Gasteiger partial charge in [0.1, 0.15) is 0 Å². The SMILES string of the molecule is CC(C)(C)c1ccc(-c2ccc3c(c2)cc(-c2ccc(C(C)(C)C)cc2)n3-c2ccc3c(ccc4cc(-n5c(-c6ccc(C(C)(C)C)cc6)cc6cc(-c7ccc(C(C)(C)C)cc7)ccc65)ccc43)c2)cc1. The number of rotatable bonds is 6. The molecule has 2 heterocycles. The standard InChI is InChI=1S/C70H68N2/c1-67(2,3)55-25-15-45(16-26-55)49-23-37-63-53(39-49)43-65(47-19-29-57(30-20-47)69(7,8)9)71(63)59-33-35-61-51(41-59)13-14-52-42-60(34-36-62(52)61)72-64-38-24-50(46-17-27-56(28-18-46)68(4,5)6)40-54(64)44-66(72)48-21-31-58(32-22-48)70(10,11)12/h13-44H,1-12H3. The fourth-order valence-electron chi connectivity index (χ4n) is 10.7. The van der Waals surface area contributed by atoms with Gasteiger partial charge < -0.3 is 9.13 Å². The second-order valence-electron chi connectivity index (χ2n) is 24.5. The number of benzene rings is 9. The molecule has 0 saturated carbocycles. The first kappa shape index (κ1) is 46.9. The predicted molar refractivity (Wildman–Crippen MR) is 312 cm³/mol. The summed E-state index contributed by atoms with van der Waals surface area (Å²) in [5.74, 6) is 0. The summed E-state index contributed by atoms with van der Waals surface area (Å²) in [6.45, 7) is 27.3. The number of hydrogen-bond donors (Lipinski definition) is 0. The molecule has 0 radical (unpaired) electrons. The zero-order chi connectivity index (χ0) is 50.5. The van der Waals surface area contributed by atoms with Crippen molar-refractivity contribution < 1.29 is 0 Å². The molecule has 0 bridgehead atoms. The van der Waals surface area contributed by atoms with Crippen LogP contribution >= 0.6 is 0 Å². The van der Waals surface area contributed by atoms with Crippen LogP contribution in [0, 0.1) is 0 Å². The van der Waals surface area contributed by atoms with Crippen LogP contribution in [0.2, 0.25) is 0 Å². The summed E-state index contributed by atoms with van der Waals surface area (Å²) < 4.78 is 4.92. The molecule has 72 heavy (non-hydrogen) atoms. The summed E-state index contributed by atoms with van der Waals surface area (Å²) in [5.41, 5.74) is 20.1. The highest BCUT2D eigenvalue weighted by atomic mass is 15.0. The molecule has 11 aromatic rings. The van der Waals surface area contributed by atoms with Crippen molar-refractivity contribution >= 4 is 43.4 Å². The Morgan fingerprint density at radius 2 is 0.528 bits per heavy atom. The Hall–Kier alpha value is -7.42. The Morgan fingerprint density at radius 1 is 0.236 bits per heavy atom. The number of hydrogen-bond acceptors (Lipinski definition) is 0. The van der Waals surface area contributed by atoms with E-state index in [0.717, 1.165) is 11.4 Å². The minimum atomic E-state index is 0.0741. The van der Waals surface area contributed by atoms with Crippen LogP contribution in [0.1, 0.15) is 105 Å². The van der Waals surface area contributed by atoms with Crippen molar-refractivity contribution in [2.24, 2.45) is 0 Å². The van der Waals surface area contributed by atoms with Gasteiger partial charge in [-0.3, -0.25) is 0 Å². The molecule has 0 amide bonds. The smallest absolute Gasteiger partial charge is 0.0540 e. The van der Waals surface area contributed by atoms with Crippen molar-refractivity contribution in [3.8, 4) is 56.1 Å². The minimum Gasteiger partial charge on any atom is -0.309 e. The van der Waals surface area contributed by atoms with Crippen LogP contribution in [-0.2, 0) is 21.7 Å². The lowest BCUT2D eigenvalue weighted by atomic mass is 9.86. The summed E-state index contributed by atoms with van der Waals surface area (Å²) >= 11 is 0. The highest BCUT2D eigenvalue weighted by molar-refractivity contribution is 6.09. The zero-order valence-electron chi connectivity index (χ0n) is 44.4. The molecule has 0 aliphatic heterocycles. The predicted octanol–water partition coefficient (Wildman–Crippen LogP) is 19.7. The Balaban J connectivity index is 1.01. The Kier molecular flexibility index (Phi) is 11.2. The van der Waals surface area contributed by atoms with Crippen molar-refractivity contribution in [3.63, 3.8) is 0 Å². The number of aromatic nitrogens is 2. The van der Waals surface area contributed by atoms with Gasteiger partial charge in [0.05, 0.1) is 22.4 Å². The summed E-state index contributed by atoms with van der Waals surface area (Å²) in [6.07, 6.45) is 0. The molecular weight excluding hydrogens is 869 g/mol. The molecule has 0 spiro atoms. The first-order valence-electron chi connectivity index (χ1n) is 25.9. The molecule has 0 saturated heterocycles. The molecule has 0 unspecified atom stereocenters. The highest BCUT2D eigenvalue weighted by Gasteiger charge is 2.21. The summed E-state index contributed by atoms with van der Waals surface area (Å²) in [6, 6.07) is 73.9. The van der Waals surface area contributed by atoms with E-state index >= 15 is 0 Å². The van der Waals surface area contributed by atoms with Gasteiger partial charge >= 0.3 is 0 Å². The molecule has 2 nitrogen and oxygen atoms in total. The van der Waals surface area contributed by atoms with Crippen LogP contribution in [0.4, 0.5) is 0 Å². The molecule has 2 aromatic heterocycles. The molecule has 0 atom stereocenters. The topological polar surface area (TPSA) is 9.86 Å². The molecule has 2 heteroatoms. The maximum absolute atomic E-state index is 2.46. The quantitative estimate of drug-likeness (QED) is 0.147. The first-order valence-corrected chi connectivity index (χ1v) is 25.9. The highest BCUT2D eigenvalue weighted by Crippen LogP contribution is 2.40. The Morgan fingerprint density at radius 3 is 0.833 bits per heavy atom. The molecule has 0 fully saturated rings. The second kappa shape index (κ2) is 17.1. The number of fused-ring (bicyclic) bond motifs is 5. The molecular formula is C70H68N2. The third-order valence-corrected chi connectivity index (χ3v) is 15.2. The fourth-order valence-corrected chi connectivity index (χ4v) is 10.7. The van der Waals surface area contributed by atoms with E-state index in [9.17, 15) is 0 Å². The lowest BCUT2D eigenvalue weighted by Crippen LogP contribution is -2.10. The van der Waals surface area contributed by atoms with Crippen LogP contribution in [0.5, 0.6) is 0 Å². The molecule has 0 N–H and O–H groups in total. The average Bonchev–Trinajstić information content (AvgIpc) is 3.94. The molecule has 11 rings (SSSR count). The third-order valence-electron chi connectivity index (χ3n) is 15.2. The van der Waals surface area contributed by atoms with Crippen molar-refractivity contribution in [2.45, 2.75) is 105 Å². The zero-order valence-corrected chi connectivity index (χ0v) is 44.4. The number of nitrogens with zero attached hydrogens (tertiary/aromatic N) is 2. The molecule has 0 aliphatic rings. The van der Waals surface area contributed by atoms with E-state index in [1.807, 2.05) is 0 Å². The Bertz CT molecular complexity index is 3570. The van der Waals surface area contributed by atoms with E-state index in [2.05, 4.69) is 286 Å². The van der Waals surface area contributed by atoms with E-state index in [-0.39, 0.29) is 21.7 Å². The van der Waals surface area contributed by atoms with Gasteiger partial charge in [-0.25, -0.2) is 0 Å². The molecule has 358 valence electrons. The Labute approximate surface area is 427 Å². The van der Waals surface area contributed by atoms with Gasteiger partial charge in [0.25, 0.3) is 0 Å². The van der Waals surface area contributed by atoms with Gasteiger partial charge in [0.2, 0.25) is 0 Å². The van der Waals surface area contributed by atoms with Crippen LogP contribution in [-0.4, -0.2) is 9.13 Å². The monoisotopic (exact) mass is 937 g/mol. The fraction of sp³-hybridized carbons (Fsp3) is 0.229. The van der Waals surface area contributed by atoms with E-state index in [1.54, 1.807) is 0 Å². The largest absolute Gasteiger partial charge is 0.309 e. The van der Waals surface area contributed by atoms with Gasteiger partial charge in [-0.05, 0) is 160 Å². The maximum Gasteiger partial charge on any atom is 0.0540 e. The van der Waals surface area contributed by atoms with Gasteiger partial charge in [-0.15, -0.1) is 0 Å². The molecule has 9 aromatic carbocycles. The lowest BCUT2D eigenvalue weighted by Gasteiger charge is -2.20. The van der Waals surface area contributed by atoms with E-state index in [0.29, 0.717) is 0 Å². The average molecular weight is 937 g/mol. The van der Waals surface area contributed by atoms with Crippen LogP contribution in [0.25, 0.3) is 99.5 Å². The van der Waals surface area contributed by atoms with E-state index < -0.39 is 0 Å². The summed E-state index contributed by atoms with van der Waals surface area (Å²) in [4.78, 5) is 0. The summed E-state index contributed by atoms with van der Waals surface area (Å²) in [7, 11) is 0. The first-order chi connectivity index (χ1) is 34.2. The van der Waals surface area contributed by atoms with Crippen molar-refractivity contribution in [1.29, 1.82) is 0 Å². The van der Waals surface area contributed by atoms with Crippen molar-refractivity contribution in [3.05, 3.63) is 216 Å². The summed E-state index contributed by atoms with van der Waals surface area (Å²) in [5, 5.41) is 7.37. The van der Waals surface area contributed by atoms with Gasteiger partial charge in [-0.1, -0.05) is 217 Å². The second-order valence-corrected chi connectivity index (χ2v) is 24.5. The minimum absolute atomic E-state index is 0.0741.